The van der Waals surface area contributed by atoms with Gasteiger partial charge < -0.3 is 0 Å². The summed E-state index contributed by atoms with van der Waals surface area (Å²) in [5, 5.41) is 0. The summed E-state index contributed by atoms with van der Waals surface area (Å²) in [4.78, 5) is 10.6. The molecular formula is C25H31O2P. The maximum atomic E-state index is 10.6. The highest BCUT2D eigenvalue weighted by Gasteiger charge is 2.00. The van der Waals surface area contributed by atoms with Gasteiger partial charge in [-0.3, -0.25) is 9.36 Å². The van der Waals surface area contributed by atoms with Crippen LogP contribution in [0.1, 0.15) is 38.2 Å². The van der Waals surface area contributed by atoms with Crippen LogP contribution in [0.3, 0.4) is 0 Å². The number of rotatable bonds is 5. The molecule has 0 aliphatic carbocycles. The topological polar surface area (TPSA) is 34.1 Å². The van der Waals surface area contributed by atoms with Gasteiger partial charge in [0, 0.05) is 5.56 Å². The molecule has 0 saturated heterocycles. The van der Waals surface area contributed by atoms with Crippen molar-refractivity contribution < 1.29 is 9.36 Å². The molecule has 3 heteroatoms. The maximum absolute atomic E-state index is 10.6. The first-order valence-electron chi connectivity index (χ1n) is 9.07. The van der Waals surface area contributed by atoms with Crippen LogP contribution in [0.4, 0.5) is 0 Å². The molecule has 2 rings (SSSR count). The summed E-state index contributed by atoms with van der Waals surface area (Å²) < 4.78 is 9.96. The van der Waals surface area contributed by atoms with E-state index < -0.39 is 0 Å². The minimum Gasteiger partial charge on any atom is -0.298 e. The molecule has 28 heavy (non-hydrogen) atoms. The van der Waals surface area contributed by atoms with Gasteiger partial charge in [0.2, 0.25) is 0 Å². The summed E-state index contributed by atoms with van der Waals surface area (Å²) >= 11 is 0. The van der Waals surface area contributed by atoms with E-state index in [-0.39, 0.29) is 8.46 Å². The zero-order chi connectivity index (χ0) is 21.5. The second-order valence-corrected chi connectivity index (χ2v) is 7.20. The largest absolute Gasteiger partial charge is 0.298 e. The van der Waals surface area contributed by atoms with Gasteiger partial charge in [0.1, 0.15) is 0 Å². The number of aryl methyl sites for hydroxylation is 5. The molecule has 148 valence electrons. The van der Waals surface area contributed by atoms with Crippen LogP contribution in [-0.4, -0.2) is 12.4 Å². The predicted molar refractivity (Wildman–Crippen MR) is 123 cm³/mol. The Kier molecular flexibility index (Phi) is 13.2. The summed E-state index contributed by atoms with van der Waals surface area (Å²) in [7, 11) is 0.120. The van der Waals surface area contributed by atoms with Gasteiger partial charge in [-0.2, -0.15) is 0 Å². The van der Waals surface area contributed by atoms with E-state index >= 15 is 0 Å². The van der Waals surface area contributed by atoms with E-state index in [0.717, 1.165) is 28.5 Å². The molecule has 2 nitrogen and oxygen atoms in total. The minimum absolute atomic E-state index is 0.120. The van der Waals surface area contributed by atoms with E-state index in [1.807, 2.05) is 32.9 Å². The molecule has 2 aromatic rings. The summed E-state index contributed by atoms with van der Waals surface area (Å²) in [5.74, 6) is 0. The summed E-state index contributed by atoms with van der Waals surface area (Å²) in [6.07, 6.45) is 6.65. The van der Waals surface area contributed by atoms with Gasteiger partial charge in [0.15, 0.2) is 14.7 Å². The molecule has 0 fully saturated rings. The first-order chi connectivity index (χ1) is 13.2. The molecule has 0 N–H and O–H groups in total. The van der Waals surface area contributed by atoms with Gasteiger partial charge in [-0.05, 0) is 51.3 Å². The first kappa shape index (κ1) is 25.4. The molecule has 0 saturated carbocycles. The molecule has 0 amide bonds. The predicted octanol–water partition coefficient (Wildman–Crippen LogP) is 7.30. The molecule has 0 heterocycles. The van der Waals surface area contributed by atoms with Crippen molar-refractivity contribution in [2.75, 3.05) is 6.16 Å². The Morgan fingerprint density at radius 3 is 1.86 bits per heavy atom. The molecule has 0 aliphatic rings. The third-order valence-electron chi connectivity index (χ3n) is 3.77. The van der Waals surface area contributed by atoms with Crippen molar-refractivity contribution in [1.82, 2.24) is 0 Å². The lowest BCUT2D eigenvalue weighted by molar-refractivity contribution is 0.112. The zero-order valence-corrected chi connectivity index (χ0v) is 18.6. The Balaban J connectivity index is 0.000000396. The Labute approximate surface area is 171 Å². The number of benzene rings is 2. The Morgan fingerprint density at radius 2 is 1.50 bits per heavy atom. The first-order valence-corrected chi connectivity index (χ1v) is 10.1. The number of hydrogen-bond acceptors (Lipinski definition) is 2. The van der Waals surface area contributed by atoms with Crippen LogP contribution in [0.15, 0.2) is 73.4 Å². The standard InChI is InChI=1S/C10H12O.C8H10.C7H9OP/c1-7-4-8(2)10(6-11)9(3)5-7;1-7-4-3-5-8(2)6-7;1-3-4-5-7(2)6-9-8/h4-6H,1-3H3;3-6H,1-2H3;3-5H,1-2,6H2/b;;5-4-. The summed E-state index contributed by atoms with van der Waals surface area (Å²) in [5.41, 5.74) is 7.71. The Bertz CT molecular complexity index is 792. The van der Waals surface area contributed by atoms with Gasteiger partial charge >= 0.3 is 0 Å². The van der Waals surface area contributed by atoms with Gasteiger partial charge in [-0.15, -0.1) is 0 Å². The van der Waals surface area contributed by atoms with E-state index in [0.29, 0.717) is 6.16 Å². The van der Waals surface area contributed by atoms with Crippen molar-refractivity contribution in [3.63, 3.8) is 0 Å². The third-order valence-corrected chi connectivity index (χ3v) is 4.30. The van der Waals surface area contributed by atoms with Gasteiger partial charge in [-0.1, -0.05) is 84.5 Å². The van der Waals surface area contributed by atoms with Crippen LogP contribution in [0.2, 0.25) is 0 Å². The van der Waals surface area contributed by atoms with Crippen LogP contribution in [0.5, 0.6) is 0 Å². The highest BCUT2D eigenvalue weighted by atomic mass is 31.1. The smallest absolute Gasteiger partial charge is 0.160 e. The fraction of sp³-hybridized carbons (Fsp3) is 0.240. The van der Waals surface area contributed by atoms with E-state index in [2.05, 4.69) is 51.3 Å². The van der Waals surface area contributed by atoms with Crippen LogP contribution in [-0.2, 0) is 4.57 Å². The normalized spacial score (nSPS) is 9.75. The second kappa shape index (κ2) is 14.5. The van der Waals surface area contributed by atoms with Gasteiger partial charge in [0.05, 0.1) is 6.16 Å². The van der Waals surface area contributed by atoms with Gasteiger partial charge in [-0.25, -0.2) is 0 Å². The van der Waals surface area contributed by atoms with Gasteiger partial charge in [0.25, 0.3) is 0 Å². The molecule has 0 unspecified atom stereocenters. The summed E-state index contributed by atoms with van der Waals surface area (Å²) in [6, 6.07) is 12.5. The SMILES string of the molecule is C=C/C=C\C(=C)CP=O.Cc1cc(C)c(C=O)c(C)c1.Cc1cccc(C)c1. The molecule has 0 spiro atoms. The van der Waals surface area contributed by atoms with E-state index in [1.165, 1.54) is 16.7 Å². The molecular weight excluding hydrogens is 363 g/mol. The monoisotopic (exact) mass is 394 g/mol. The molecule has 0 atom stereocenters. The van der Waals surface area contributed by atoms with E-state index in [4.69, 9.17) is 0 Å². The average molecular weight is 394 g/mol. The number of hydrogen-bond donors (Lipinski definition) is 0. The van der Waals surface area contributed by atoms with Crippen molar-refractivity contribution >= 4 is 14.7 Å². The molecule has 0 bridgehead atoms. The number of allylic oxidation sites excluding steroid dienone is 4. The van der Waals surface area contributed by atoms with Crippen LogP contribution < -0.4 is 0 Å². The van der Waals surface area contributed by atoms with Crippen molar-refractivity contribution in [3.05, 3.63) is 107 Å². The molecule has 0 aromatic heterocycles. The highest BCUT2D eigenvalue weighted by Crippen LogP contribution is 2.13. The second-order valence-electron chi connectivity index (χ2n) is 6.63. The fourth-order valence-corrected chi connectivity index (χ4v) is 2.80. The Morgan fingerprint density at radius 1 is 0.964 bits per heavy atom. The minimum atomic E-state index is 0.120. The van der Waals surface area contributed by atoms with E-state index in [9.17, 15) is 9.36 Å². The molecule has 0 radical (unpaired) electrons. The third kappa shape index (κ3) is 11.2. The molecule has 2 aromatic carbocycles. The van der Waals surface area contributed by atoms with Crippen molar-refractivity contribution in [2.45, 2.75) is 34.6 Å². The lowest BCUT2D eigenvalue weighted by atomic mass is 10.0. The average Bonchev–Trinajstić information content (AvgIpc) is 2.61. The zero-order valence-electron chi connectivity index (χ0n) is 17.7. The summed E-state index contributed by atoms with van der Waals surface area (Å²) in [6.45, 7) is 17.3. The number of aldehydes is 1. The van der Waals surface area contributed by atoms with Crippen molar-refractivity contribution in [2.24, 2.45) is 0 Å². The number of carbonyl (C=O) groups excluding carboxylic acids is 1. The maximum Gasteiger partial charge on any atom is 0.160 e. The van der Waals surface area contributed by atoms with E-state index in [1.54, 1.807) is 18.2 Å². The Hall–Kier alpha value is -2.57. The van der Waals surface area contributed by atoms with Crippen molar-refractivity contribution in [3.8, 4) is 0 Å². The highest BCUT2D eigenvalue weighted by molar-refractivity contribution is 7.24. The van der Waals surface area contributed by atoms with Crippen LogP contribution in [0.25, 0.3) is 0 Å². The molecule has 0 aliphatic heterocycles. The van der Waals surface area contributed by atoms with Crippen molar-refractivity contribution in [1.29, 1.82) is 0 Å². The lowest BCUT2D eigenvalue weighted by Gasteiger charge is -2.03. The quantitative estimate of drug-likeness (QED) is 0.303. The van der Waals surface area contributed by atoms with Crippen LogP contribution >= 0.6 is 8.46 Å². The van der Waals surface area contributed by atoms with Crippen LogP contribution in [0, 0.1) is 34.6 Å². The fourth-order valence-electron chi connectivity index (χ4n) is 2.52. The lowest BCUT2D eigenvalue weighted by Crippen LogP contribution is -1.91. The number of carbonyl (C=O) groups is 1.